The molecular formula is C11H16ClNO4S2. The molecule has 0 fully saturated rings. The fourth-order valence-electron chi connectivity index (χ4n) is 1.49. The van der Waals surface area contributed by atoms with Gasteiger partial charge in [0.15, 0.2) is 9.84 Å². The number of benzene rings is 1. The highest BCUT2D eigenvalue weighted by atomic mass is 35.5. The molecule has 5 nitrogen and oxygen atoms in total. The number of halogens is 1. The zero-order valence-electron chi connectivity index (χ0n) is 10.5. The minimum Gasteiger partial charge on any atom is -0.399 e. The van der Waals surface area contributed by atoms with Gasteiger partial charge in [0.1, 0.15) is 9.84 Å². The van der Waals surface area contributed by atoms with Crippen LogP contribution in [0.2, 0.25) is 5.02 Å². The topological polar surface area (TPSA) is 94.3 Å². The van der Waals surface area contributed by atoms with Crippen LogP contribution in [0.15, 0.2) is 23.1 Å². The van der Waals surface area contributed by atoms with Gasteiger partial charge in [-0.3, -0.25) is 0 Å². The minimum absolute atomic E-state index is 0.00960. The summed E-state index contributed by atoms with van der Waals surface area (Å²) in [5, 5.41) is 0.0540. The van der Waals surface area contributed by atoms with Gasteiger partial charge in [0.2, 0.25) is 0 Å². The maximum Gasteiger partial charge on any atom is 0.179 e. The van der Waals surface area contributed by atoms with E-state index in [1.165, 1.54) is 25.1 Å². The second-order valence-corrected chi connectivity index (χ2v) is 9.06. The maximum absolute atomic E-state index is 12.0. The van der Waals surface area contributed by atoms with Crippen LogP contribution >= 0.6 is 11.6 Å². The quantitative estimate of drug-likeness (QED) is 0.800. The average molecular weight is 326 g/mol. The second kappa shape index (κ2) is 6.11. The molecule has 0 spiro atoms. The van der Waals surface area contributed by atoms with Gasteiger partial charge in [0.25, 0.3) is 0 Å². The van der Waals surface area contributed by atoms with Crippen molar-refractivity contribution in [2.24, 2.45) is 0 Å². The molecule has 19 heavy (non-hydrogen) atoms. The predicted molar refractivity (Wildman–Crippen MR) is 76.9 cm³/mol. The molecule has 0 aliphatic heterocycles. The SMILES string of the molecule is CCS(=O)(=O)CCCS(=O)(=O)c1ccc(N)cc1Cl. The summed E-state index contributed by atoms with van der Waals surface area (Å²) < 4.78 is 46.6. The van der Waals surface area contributed by atoms with Gasteiger partial charge in [-0.15, -0.1) is 0 Å². The van der Waals surface area contributed by atoms with Crippen LogP contribution in [0.3, 0.4) is 0 Å². The molecule has 0 atom stereocenters. The van der Waals surface area contributed by atoms with Crippen molar-refractivity contribution in [1.82, 2.24) is 0 Å². The Morgan fingerprint density at radius 2 is 1.79 bits per heavy atom. The van der Waals surface area contributed by atoms with E-state index >= 15 is 0 Å². The van der Waals surface area contributed by atoms with E-state index in [1.54, 1.807) is 0 Å². The molecule has 0 heterocycles. The molecule has 0 aromatic heterocycles. The highest BCUT2D eigenvalue weighted by Crippen LogP contribution is 2.25. The summed E-state index contributed by atoms with van der Waals surface area (Å²) in [5.74, 6) is -0.388. The largest absolute Gasteiger partial charge is 0.399 e. The molecule has 0 aliphatic carbocycles. The summed E-state index contributed by atoms with van der Waals surface area (Å²) >= 11 is 5.83. The molecule has 0 unspecified atom stereocenters. The average Bonchev–Trinajstić information content (AvgIpc) is 2.27. The monoisotopic (exact) mass is 325 g/mol. The zero-order valence-corrected chi connectivity index (χ0v) is 12.9. The normalized spacial score (nSPS) is 12.5. The Balaban J connectivity index is 2.82. The highest BCUT2D eigenvalue weighted by molar-refractivity contribution is 7.92. The molecule has 0 saturated heterocycles. The third kappa shape index (κ3) is 4.67. The Hall–Kier alpha value is -0.790. The van der Waals surface area contributed by atoms with Crippen molar-refractivity contribution in [3.8, 4) is 0 Å². The fraction of sp³-hybridized carbons (Fsp3) is 0.455. The van der Waals surface area contributed by atoms with Crippen molar-refractivity contribution >= 4 is 37.0 Å². The maximum atomic E-state index is 12.0. The van der Waals surface area contributed by atoms with Crippen LogP contribution in [0.5, 0.6) is 0 Å². The first kappa shape index (κ1) is 16.3. The van der Waals surface area contributed by atoms with Crippen molar-refractivity contribution in [2.75, 3.05) is 23.0 Å². The summed E-state index contributed by atoms with van der Waals surface area (Å²) in [5.41, 5.74) is 5.86. The third-order valence-electron chi connectivity index (χ3n) is 2.60. The van der Waals surface area contributed by atoms with Gasteiger partial charge in [-0.05, 0) is 24.6 Å². The van der Waals surface area contributed by atoms with Crippen LogP contribution in [-0.2, 0) is 19.7 Å². The van der Waals surface area contributed by atoms with Gasteiger partial charge in [-0.25, -0.2) is 16.8 Å². The van der Waals surface area contributed by atoms with Crippen molar-refractivity contribution in [2.45, 2.75) is 18.2 Å². The first-order valence-electron chi connectivity index (χ1n) is 5.66. The molecule has 1 rings (SSSR count). The second-order valence-electron chi connectivity index (χ2n) is 4.10. The lowest BCUT2D eigenvalue weighted by Gasteiger charge is -2.07. The van der Waals surface area contributed by atoms with Crippen LogP contribution in [0, 0.1) is 0 Å². The van der Waals surface area contributed by atoms with Gasteiger partial charge in [0, 0.05) is 11.4 Å². The summed E-state index contributed by atoms with van der Waals surface area (Å²) in [6, 6.07) is 4.14. The fourth-order valence-corrected chi connectivity index (χ4v) is 4.47. The molecule has 1 aromatic rings. The molecule has 2 N–H and O–H groups in total. The van der Waals surface area contributed by atoms with E-state index in [4.69, 9.17) is 17.3 Å². The Morgan fingerprint density at radius 1 is 1.16 bits per heavy atom. The first-order valence-corrected chi connectivity index (χ1v) is 9.51. The Morgan fingerprint density at radius 3 is 2.32 bits per heavy atom. The van der Waals surface area contributed by atoms with Gasteiger partial charge in [-0.1, -0.05) is 18.5 Å². The molecule has 0 saturated carbocycles. The number of anilines is 1. The number of hydrogen-bond acceptors (Lipinski definition) is 5. The van der Waals surface area contributed by atoms with Crippen molar-refractivity contribution < 1.29 is 16.8 Å². The lowest BCUT2D eigenvalue weighted by atomic mass is 10.3. The lowest BCUT2D eigenvalue weighted by Crippen LogP contribution is -2.14. The van der Waals surface area contributed by atoms with Crippen molar-refractivity contribution in [3.05, 3.63) is 23.2 Å². The molecule has 0 bridgehead atoms. The third-order valence-corrected chi connectivity index (χ3v) is 6.67. The number of sulfone groups is 2. The number of hydrogen-bond donors (Lipinski definition) is 1. The van der Waals surface area contributed by atoms with E-state index in [9.17, 15) is 16.8 Å². The van der Waals surface area contributed by atoms with E-state index in [2.05, 4.69) is 0 Å². The molecule has 0 radical (unpaired) electrons. The standard InChI is InChI=1S/C11H16ClNO4S2/c1-2-18(14,15)6-3-7-19(16,17)11-5-4-9(13)8-10(11)12/h4-5,8H,2-3,6-7,13H2,1H3. The number of rotatable bonds is 6. The van der Waals surface area contributed by atoms with Crippen LogP contribution in [0.1, 0.15) is 13.3 Å². The molecule has 8 heteroatoms. The molecular weight excluding hydrogens is 310 g/mol. The van der Waals surface area contributed by atoms with Crippen LogP contribution < -0.4 is 5.73 Å². The lowest BCUT2D eigenvalue weighted by molar-refractivity contribution is 0.590. The van der Waals surface area contributed by atoms with Crippen molar-refractivity contribution in [3.63, 3.8) is 0 Å². The summed E-state index contributed by atoms with van der Waals surface area (Å²) in [6.07, 6.45) is 0.0548. The van der Waals surface area contributed by atoms with E-state index < -0.39 is 19.7 Å². The number of nitrogens with two attached hydrogens (primary N) is 1. The van der Waals surface area contributed by atoms with E-state index in [1.807, 2.05) is 0 Å². The Bertz CT molecular complexity index is 653. The molecule has 108 valence electrons. The summed E-state index contributed by atoms with van der Waals surface area (Å²) in [7, 11) is -6.75. The van der Waals surface area contributed by atoms with E-state index in [0.717, 1.165) is 0 Å². The summed E-state index contributed by atoms with van der Waals surface area (Å²) in [4.78, 5) is -0.0164. The van der Waals surface area contributed by atoms with Crippen LogP contribution in [-0.4, -0.2) is 34.1 Å². The summed E-state index contributed by atoms with van der Waals surface area (Å²) in [6.45, 7) is 1.53. The van der Waals surface area contributed by atoms with E-state index in [-0.39, 0.29) is 33.6 Å². The van der Waals surface area contributed by atoms with E-state index in [0.29, 0.717) is 5.69 Å². The minimum atomic E-state index is -3.59. The Kier molecular flexibility index (Phi) is 5.23. The Labute approximate surface area is 118 Å². The predicted octanol–water partition coefficient (Wildman–Crippen LogP) is 1.52. The van der Waals surface area contributed by atoms with Gasteiger partial charge in [-0.2, -0.15) is 0 Å². The first-order chi connectivity index (χ1) is 8.68. The molecule has 0 aliphatic rings. The highest BCUT2D eigenvalue weighted by Gasteiger charge is 2.19. The smallest absolute Gasteiger partial charge is 0.179 e. The zero-order chi connectivity index (χ0) is 14.7. The van der Waals surface area contributed by atoms with Crippen LogP contribution in [0.25, 0.3) is 0 Å². The number of nitrogen functional groups attached to an aromatic ring is 1. The van der Waals surface area contributed by atoms with Gasteiger partial charge < -0.3 is 5.73 Å². The molecule has 1 aromatic carbocycles. The van der Waals surface area contributed by atoms with Gasteiger partial charge in [0.05, 0.1) is 21.4 Å². The van der Waals surface area contributed by atoms with Crippen molar-refractivity contribution in [1.29, 1.82) is 0 Å². The molecule has 0 amide bonds. The van der Waals surface area contributed by atoms with Gasteiger partial charge >= 0.3 is 0 Å². The van der Waals surface area contributed by atoms with Crippen LogP contribution in [0.4, 0.5) is 5.69 Å².